The fraction of sp³-hybridized carbons (Fsp3) is 0.375. The molecule has 0 aliphatic rings. The number of rotatable bonds is 7. The summed E-state index contributed by atoms with van der Waals surface area (Å²) < 4.78 is 18.4. The van der Waals surface area contributed by atoms with Gasteiger partial charge in [0, 0.05) is 6.54 Å². The Kier molecular flexibility index (Phi) is 5.89. The topological polar surface area (TPSA) is 51.2 Å². The number of aromatic nitrogens is 1. The highest BCUT2D eigenvalue weighted by molar-refractivity contribution is 7.13. The lowest BCUT2D eigenvalue weighted by atomic mass is 10.3. The zero-order valence-corrected chi connectivity index (χ0v) is 13.5. The van der Waals surface area contributed by atoms with Crippen LogP contribution in [0.2, 0.25) is 0 Å². The van der Waals surface area contributed by atoms with E-state index >= 15 is 0 Å². The number of carbonyl (C=O) groups excluding carboxylic acids is 1. The number of amides is 1. The molecule has 2 rings (SSSR count). The van der Waals surface area contributed by atoms with Crippen molar-refractivity contribution in [1.82, 2.24) is 10.3 Å². The van der Waals surface area contributed by atoms with Crippen molar-refractivity contribution in [1.29, 1.82) is 0 Å². The molecule has 0 aliphatic carbocycles. The Balaban J connectivity index is 1.94. The van der Waals surface area contributed by atoms with Gasteiger partial charge in [0.1, 0.15) is 28.1 Å². The van der Waals surface area contributed by atoms with E-state index in [1.54, 1.807) is 12.1 Å². The Morgan fingerprint density at radius 1 is 1.36 bits per heavy atom. The highest BCUT2D eigenvalue weighted by Gasteiger charge is 2.15. The summed E-state index contributed by atoms with van der Waals surface area (Å²) in [6.45, 7) is 4.83. The van der Waals surface area contributed by atoms with Gasteiger partial charge in [-0.05, 0) is 37.6 Å². The van der Waals surface area contributed by atoms with E-state index in [9.17, 15) is 9.18 Å². The van der Waals surface area contributed by atoms with Gasteiger partial charge in [-0.1, -0.05) is 13.3 Å². The molecule has 2 aromatic rings. The first-order valence-electron chi connectivity index (χ1n) is 7.23. The predicted molar refractivity (Wildman–Crippen MR) is 84.8 cm³/mol. The van der Waals surface area contributed by atoms with Gasteiger partial charge in [-0.2, -0.15) is 0 Å². The molecule has 1 heterocycles. The molecule has 0 bridgehead atoms. The monoisotopic (exact) mass is 322 g/mol. The van der Waals surface area contributed by atoms with E-state index in [-0.39, 0.29) is 18.3 Å². The van der Waals surface area contributed by atoms with E-state index in [0.717, 1.165) is 17.8 Å². The number of hydrogen-bond donors (Lipinski definition) is 1. The number of benzene rings is 1. The second kappa shape index (κ2) is 7.89. The third-order valence-electron chi connectivity index (χ3n) is 3.04. The zero-order valence-electron chi connectivity index (χ0n) is 12.7. The van der Waals surface area contributed by atoms with Crippen molar-refractivity contribution < 1.29 is 13.9 Å². The molecule has 1 aromatic carbocycles. The quantitative estimate of drug-likeness (QED) is 0.791. The SMILES string of the molecule is CCCCNC(=O)c1sc(COc2ccc(F)cc2)nc1C. The summed E-state index contributed by atoms with van der Waals surface area (Å²) in [6, 6.07) is 5.81. The van der Waals surface area contributed by atoms with Crippen molar-refractivity contribution in [3.8, 4) is 5.75 Å². The van der Waals surface area contributed by atoms with Crippen LogP contribution >= 0.6 is 11.3 Å². The summed E-state index contributed by atoms with van der Waals surface area (Å²) in [7, 11) is 0. The standard InChI is InChI=1S/C16H19FN2O2S/c1-3-4-9-18-16(20)15-11(2)19-14(22-15)10-21-13-7-5-12(17)6-8-13/h5-8H,3-4,9-10H2,1-2H3,(H,18,20). The van der Waals surface area contributed by atoms with Crippen molar-refractivity contribution in [3.05, 3.63) is 45.7 Å². The molecule has 1 N–H and O–H groups in total. The number of nitrogens with zero attached hydrogens (tertiary/aromatic N) is 1. The Morgan fingerprint density at radius 2 is 2.09 bits per heavy atom. The van der Waals surface area contributed by atoms with E-state index < -0.39 is 0 Å². The van der Waals surface area contributed by atoms with Crippen molar-refractivity contribution >= 4 is 17.2 Å². The molecule has 1 aromatic heterocycles. The van der Waals surface area contributed by atoms with Crippen molar-refractivity contribution in [2.24, 2.45) is 0 Å². The van der Waals surface area contributed by atoms with E-state index in [1.807, 2.05) is 6.92 Å². The minimum atomic E-state index is -0.302. The average Bonchev–Trinajstić information content (AvgIpc) is 2.88. The van der Waals surface area contributed by atoms with Gasteiger partial charge in [0.15, 0.2) is 0 Å². The molecule has 4 nitrogen and oxygen atoms in total. The number of nitrogens with one attached hydrogen (secondary N) is 1. The van der Waals surface area contributed by atoms with Crippen LogP contribution in [0.5, 0.6) is 5.75 Å². The highest BCUT2D eigenvalue weighted by atomic mass is 32.1. The van der Waals surface area contributed by atoms with E-state index in [1.165, 1.54) is 23.5 Å². The number of hydrogen-bond acceptors (Lipinski definition) is 4. The van der Waals surface area contributed by atoms with Gasteiger partial charge in [-0.25, -0.2) is 9.37 Å². The second-order valence-electron chi connectivity index (χ2n) is 4.87. The van der Waals surface area contributed by atoms with Gasteiger partial charge in [-0.15, -0.1) is 11.3 Å². The van der Waals surface area contributed by atoms with Crippen LogP contribution in [0.1, 0.15) is 40.1 Å². The Hall–Kier alpha value is -1.95. The predicted octanol–water partition coefficient (Wildman–Crippen LogP) is 3.70. The molecular formula is C16H19FN2O2S. The fourth-order valence-electron chi connectivity index (χ4n) is 1.86. The van der Waals surface area contributed by atoms with Crippen LogP contribution in [-0.4, -0.2) is 17.4 Å². The van der Waals surface area contributed by atoms with E-state index in [0.29, 0.717) is 22.9 Å². The summed E-state index contributed by atoms with van der Waals surface area (Å²) in [5.41, 5.74) is 0.705. The van der Waals surface area contributed by atoms with E-state index in [2.05, 4.69) is 17.2 Å². The van der Waals surface area contributed by atoms with Crippen LogP contribution in [0.3, 0.4) is 0 Å². The van der Waals surface area contributed by atoms with Gasteiger partial charge in [0.25, 0.3) is 5.91 Å². The molecule has 6 heteroatoms. The van der Waals surface area contributed by atoms with Crippen LogP contribution < -0.4 is 10.1 Å². The molecule has 22 heavy (non-hydrogen) atoms. The van der Waals surface area contributed by atoms with Gasteiger partial charge < -0.3 is 10.1 Å². The fourth-order valence-corrected chi connectivity index (χ4v) is 2.75. The first-order valence-corrected chi connectivity index (χ1v) is 8.04. The smallest absolute Gasteiger partial charge is 0.263 e. The molecule has 1 amide bonds. The molecule has 0 saturated heterocycles. The molecule has 118 valence electrons. The Morgan fingerprint density at radius 3 is 2.77 bits per heavy atom. The summed E-state index contributed by atoms with van der Waals surface area (Å²) >= 11 is 1.33. The van der Waals surface area contributed by atoms with Gasteiger partial charge in [0.2, 0.25) is 0 Å². The van der Waals surface area contributed by atoms with Crippen LogP contribution in [0.15, 0.2) is 24.3 Å². The molecule has 0 aliphatic heterocycles. The molecule has 0 unspecified atom stereocenters. The van der Waals surface area contributed by atoms with Crippen LogP contribution in [0.4, 0.5) is 4.39 Å². The number of thiazole rings is 1. The molecule has 0 fully saturated rings. The Bertz CT molecular complexity index is 626. The normalized spacial score (nSPS) is 10.5. The first-order chi connectivity index (χ1) is 10.6. The van der Waals surface area contributed by atoms with Crippen LogP contribution in [0.25, 0.3) is 0 Å². The minimum absolute atomic E-state index is 0.0866. The van der Waals surface area contributed by atoms with Crippen molar-refractivity contribution in [2.45, 2.75) is 33.3 Å². The largest absolute Gasteiger partial charge is 0.486 e. The van der Waals surface area contributed by atoms with Gasteiger partial charge >= 0.3 is 0 Å². The number of ether oxygens (including phenoxy) is 1. The second-order valence-corrected chi connectivity index (χ2v) is 5.96. The van der Waals surface area contributed by atoms with Crippen LogP contribution in [0, 0.1) is 12.7 Å². The summed E-state index contributed by atoms with van der Waals surface area (Å²) in [4.78, 5) is 17.0. The molecule has 0 atom stereocenters. The Labute approximate surface area is 133 Å². The lowest BCUT2D eigenvalue weighted by molar-refractivity contribution is 0.0956. The molecular weight excluding hydrogens is 303 g/mol. The molecule has 0 radical (unpaired) electrons. The maximum atomic E-state index is 12.8. The zero-order chi connectivity index (χ0) is 15.9. The van der Waals surface area contributed by atoms with Crippen LogP contribution in [-0.2, 0) is 6.61 Å². The first kappa shape index (κ1) is 16.4. The maximum Gasteiger partial charge on any atom is 0.263 e. The average molecular weight is 322 g/mol. The van der Waals surface area contributed by atoms with Gasteiger partial charge in [-0.3, -0.25) is 4.79 Å². The van der Waals surface area contributed by atoms with E-state index in [4.69, 9.17) is 4.74 Å². The molecule has 0 spiro atoms. The number of carbonyl (C=O) groups is 1. The van der Waals surface area contributed by atoms with Crippen molar-refractivity contribution in [2.75, 3.05) is 6.54 Å². The summed E-state index contributed by atoms with van der Waals surface area (Å²) in [6.07, 6.45) is 2.00. The third kappa shape index (κ3) is 4.53. The summed E-state index contributed by atoms with van der Waals surface area (Å²) in [5, 5.41) is 3.61. The lowest BCUT2D eigenvalue weighted by Gasteiger charge is -2.03. The van der Waals surface area contributed by atoms with Crippen molar-refractivity contribution in [3.63, 3.8) is 0 Å². The maximum absolute atomic E-state index is 12.8. The lowest BCUT2D eigenvalue weighted by Crippen LogP contribution is -2.24. The number of halogens is 1. The number of aryl methyl sites for hydroxylation is 1. The number of unbranched alkanes of at least 4 members (excludes halogenated alkanes) is 1. The third-order valence-corrected chi connectivity index (χ3v) is 4.17. The minimum Gasteiger partial charge on any atom is -0.486 e. The van der Waals surface area contributed by atoms with Gasteiger partial charge in [0.05, 0.1) is 5.69 Å². The molecule has 0 saturated carbocycles. The highest BCUT2D eigenvalue weighted by Crippen LogP contribution is 2.20. The summed E-state index contributed by atoms with van der Waals surface area (Å²) in [5.74, 6) is 0.183.